The van der Waals surface area contributed by atoms with Gasteiger partial charge in [-0.2, -0.15) is 0 Å². The number of aliphatic hydroxyl groups excluding tert-OH is 1. The second-order valence-corrected chi connectivity index (χ2v) is 7.86. The Morgan fingerprint density at radius 1 is 1.19 bits per heavy atom. The summed E-state index contributed by atoms with van der Waals surface area (Å²) in [5.41, 5.74) is 6.20. The topological polar surface area (TPSA) is 67.2 Å². The molecule has 0 bridgehead atoms. The lowest BCUT2D eigenvalue weighted by Crippen LogP contribution is -1.99. The van der Waals surface area contributed by atoms with Crippen molar-refractivity contribution in [3.8, 4) is 28.1 Å². The first kappa shape index (κ1) is 21.2. The van der Waals surface area contributed by atoms with Crippen LogP contribution in [0.1, 0.15) is 29.9 Å². The molecule has 0 aliphatic carbocycles. The summed E-state index contributed by atoms with van der Waals surface area (Å²) in [6.45, 7) is 4.25. The van der Waals surface area contributed by atoms with Gasteiger partial charge in [-0.1, -0.05) is 30.7 Å². The zero-order chi connectivity index (χ0) is 22.1. The molecule has 0 aliphatic rings. The first-order chi connectivity index (χ1) is 15.0. The predicted molar refractivity (Wildman–Crippen MR) is 125 cm³/mol. The van der Waals surface area contributed by atoms with Crippen molar-refractivity contribution in [2.45, 2.75) is 26.8 Å². The van der Waals surface area contributed by atoms with E-state index in [2.05, 4.69) is 18.0 Å². The SMILES string of the molecule is CCc1c(-c2cccc3c2ccn3CCO)[nH]c(C(C)=O)c1-c1ccc(OC)cc1Cl. The summed E-state index contributed by atoms with van der Waals surface area (Å²) in [5.74, 6) is 0.620. The van der Waals surface area contributed by atoms with Crippen LogP contribution in [0.25, 0.3) is 33.3 Å². The van der Waals surface area contributed by atoms with Crippen molar-refractivity contribution in [3.05, 3.63) is 64.9 Å². The minimum absolute atomic E-state index is 0.0483. The van der Waals surface area contributed by atoms with Crippen LogP contribution in [0.2, 0.25) is 5.02 Å². The van der Waals surface area contributed by atoms with Crippen LogP contribution in [-0.2, 0) is 13.0 Å². The van der Waals surface area contributed by atoms with Crippen molar-refractivity contribution in [2.75, 3.05) is 13.7 Å². The van der Waals surface area contributed by atoms with Gasteiger partial charge in [-0.15, -0.1) is 0 Å². The number of carbonyl (C=O) groups excluding carboxylic acids is 1. The maximum atomic E-state index is 12.6. The number of carbonyl (C=O) groups is 1. The molecule has 2 aromatic heterocycles. The summed E-state index contributed by atoms with van der Waals surface area (Å²) < 4.78 is 7.31. The summed E-state index contributed by atoms with van der Waals surface area (Å²) in [7, 11) is 1.60. The Morgan fingerprint density at radius 2 is 2.00 bits per heavy atom. The van der Waals surface area contributed by atoms with E-state index in [1.165, 1.54) is 0 Å². The van der Waals surface area contributed by atoms with Crippen LogP contribution in [0.4, 0.5) is 0 Å². The highest BCUT2D eigenvalue weighted by Crippen LogP contribution is 2.42. The van der Waals surface area contributed by atoms with E-state index in [9.17, 15) is 9.90 Å². The van der Waals surface area contributed by atoms with Gasteiger partial charge >= 0.3 is 0 Å². The molecule has 2 heterocycles. The maximum Gasteiger partial charge on any atom is 0.176 e. The molecular formula is C25H25ClN2O3. The van der Waals surface area contributed by atoms with E-state index in [0.29, 0.717) is 23.0 Å². The average Bonchev–Trinajstić information content (AvgIpc) is 3.35. The first-order valence-corrected chi connectivity index (χ1v) is 10.7. The predicted octanol–water partition coefficient (Wildman–Crippen LogP) is 5.72. The molecule has 2 N–H and O–H groups in total. The number of benzene rings is 2. The molecule has 2 aromatic carbocycles. The molecule has 5 nitrogen and oxygen atoms in total. The monoisotopic (exact) mass is 436 g/mol. The third kappa shape index (κ3) is 3.64. The van der Waals surface area contributed by atoms with E-state index in [1.54, 1.807) is 20.1 Å². The number of rotatable bonds is 7. The largest absolute Gasteiger partial charge is 0.497 e. The van der Waals surface area contributed by atoms with Gasteiger partial charge in [-0.3, -0.25) is 4.79 Å². The molecule has 0 aliphatic heterocycles. The number of hydrogen-bond acceptors (Lipinski definition) is 3. The fourth-order valence-electron chi connectivity index (χ4n) is 4.25. The van der Waals surface area contributed by atoms with Crippen LogP contribution in [-0.4, -0.2) is 34.2 Å². The highest BCUT2D eigenvalue weighted by Gasteiger charge is 2.24. The van der Waals surface area contributed by atoms with Crippen LogP contribution in [0.15, 0.2) is 48.7 Å². The zero-order valence-corrected chi connectivity index (χ0v) is 18.6. The Balaban J connectivity index is 1.99. The Kier molecular flexibility index (Phi) is 5.90. The van der Waals surface area contributed by atoms with E-state index in [4.69, 9.17) is 16.3 Å². The van der Waals surface area contributed by atoms with Gasteiger partial charge in [0.15, 0.2) is 5.78 Å². The number of Topliss-reactive ketones (excluding diaryl/α,β-unsaturated/α-hetero) is 1. The first-order valence-electron chi connectivity index (χ1n) is 10.3. The Hall–Kier alpha value is -3.02. The highest BCUT2D eigenvalue weighted by molar-refractivity contribution is 6.34. The molecule has 31 heavy (non-hydrogen) atoms. The maximum absolute atomic E-state index is 12.6. The third-order valence-electron chi connectivity index (χ3n) is 5.68. The summed E-state index contributed by atoms with van der Waals surface area (Å²) in [4.78, 5) is 16.0. The van der Waals surface area contributed by atoms with Crippen LogP contribution < -0.4 is 4.74 Å². The number of fused-ring (bicyclic) bond motifs is 1. The van der Waals surface area contributed by atoms with E-state index < -0.39 is 0 Å². The number of ketones is 1. The van der Waals surface area contributed by atoms with Gasteiger partial charge in [0, 0.05) is 47.3 Å². The molecular weight excluding hydrogens is 412 g/mol. The summed E-state index contributed by atoms with van der Waals surface area (Å²) in [5, 5.41) is 11.0. The van der Waals surface area contributed by atoms with Crippen molar-refractivity contribution in [3.63, 3.8) is 0 Å². The standard InChI is InChI=1S/C25H25ClN2O3/c1-4-17-23(20-9-8-16(31-3)14-21(20)26)24(15(2)30)27-25(17)19-6-5-7-22-18(19)10-11-28(22)12-13-29/h5-11,14,27,29H,4,12-13H2,1-3H3. The lowest BCUT2D eigenvalue weighted by atomic mass is 9.94. The van der Waals surface area contributed by atoms with Gasteiger partial charge in [0.2, 0.25) is 0 Å². The number of aliphatic hydroxyl groups is 1. The number of nitrogens with zero attached hydrogens (tertiary/aromatic N) is 1. The normalized spacial score (nSPS) is 11.3. The molecule has 0 saturated heterocycles. The molecule has 0 spiro atoms. The Labute approximate surface area is 186 Å². The number of halogens is 1. The van der Waals surface area contributed by atoms with Crippen molar-refractivity contribution in [2.24, 2.45) is 0 Å². The van der Waals surface area contributed by atoms with Gasteiger partial charge in [0.25, 0.3) is 0 Å². The molecule has 0 amide bonds. The molecule has 4 rings (SSSR count). The van der Waals surface area contributed by atoms with Gasteiger partial charge in [-0.25, -0.2) is 0 Å². The number of methoxy groups -OCH3 is 1. The lowest BCUT2D eigenvalue weighted by molar-refractivity contribution is 0.101. The lowest BCUT2D eigenvalue weighted by Gasteiger charge is -2.11. The Morgan fingerprint density at radius 3 is 2.65 bits per heavy atom. The van der Waals surface area contributed by atoms with Crippen molar-refractivity contribution < 1.29 is 14.6 Å². The highest BCUT2D eigenvalue weighted by atomic mass is 35.5. The number of H-pyrrole nitrogens is 1. The Bertz CT molecular complexity index is 1270. The number of aromatic nitrogens is 2. The van der Waals surface area contributed by atoms with Crippen molar-refractivity contribution in [1.82, 2.24) is 9.55 Å². The zero-order valence-electron chi connectivity index (χ0n) is 17.8. The molecule has 0 atom stereocenters. The van der Waals surface area contributed by atoms with Crippen molar-refractivity contribution in [1.29, 1.82) is 0 Å². The molecule has 0 saturated carbocycles. The molecule has 6 heteroatoms. The van der Waals surface area contributed by atoms with Crippen LogP contribution in [0, 0.1) is 0 Å². The molecule has 0 unspecified atom stereocenters. The second kappa shape index (κ2) is 8.61. The summed E-state index contributed by atoms with van der Waals surface area (Å²) in [6, 6.07) is 13.7. The molecule has 4 aromatic rings. The summed E-state index contributed by atoms with van der Waals surface area (Å²) in [6.07, 6.45) is 2.70. The minimum Gasteiger partial charge on any atom is -0.497 e. The van der Waals surface area contributed by atoms with Crippen molar-refractivity contribution >= 4 is 28.3 Å². The second-order valence-electron chi connectivity index (χ2n) is 7.46. The van der Waals surface area contributed by atoms with Gasteiger partial charge in [0.1, 0.15) is 5.75 Å². The van der Waals surface area contributed by atoms with Crippen LogP contribution in [0.3, 0.4) is 0 Å². The number of aromatic amines is 1. The fraction of sp³-hybridized carbons (Fsp3) is 0.240. The van der Waals surface area contributed by atoms with Crippen LogP contribution >= 0.6 is 11.6 Å². The summed E-state index contributed by atoms with van der Waals surface area (Å²) >= 11 is 6.60. The number of hydrogen-bond donors (Lipinski definition) is 2. The van der Waals surface area contributed by atoms with E-state index >= 15 is 0 Å². The third-order valence-corrected chi connectivity index (χ3v) is 5.99. The number of nitrogens with one attached hydrogen (secondary N) is 1. The minimum atomic E-state index is -0.0483. The van der Waals surface area contributed by atoms with E-state index in [-0.39, 0.29) is 12.4 Å². The van der Waals surface area contributed by atoms with Gasteiger partial charge < -0.3 is 19.4 Å². The smallest absolute Gasteiger partial charge is 0.176 e. The van der Waals surface area contributed by atoms with E-state index in [0.717, 1.165) is 45.3 Å². The average molecular weight is 437 g/mol. The quantitative estimate of drug-likeness (QED) is 0.364. The molecule has 0 radical (unpaired) electrons. The van der Waals surface area contributed by atoms with E-state index in [1.807, 2.05) is 41.1 Å². The molecule has 0 fully saturated rings. The van der Waals surface area contributed by atoms with Gasteiger partial charge in [0.05, 0.1) is 30.1 Å². The molecule has 160 valence electrons. The van der Waals surface area contributed by atoms with Gasteiger partial charge in [-0.05, 0) is 42.3 Å². The van der Waals surface area contributed by atoms with Crippen LogP contribution in [0.5, 0.6) is 5.75 Å². The number of ether oxygens (including phenoxy) is 1. The fourth-order valence-corrected chi connectivity index (χ4v) is 4.52.